The minimum Gasteiger partial charge on any atom is -0.481 e. The standard InChI is InChI=1S/C35H52O9.CO2/c1-7-8-20-34(44-33(41)18-17-32(39)40)22-23-35(43-30(34)15-9-24(2)3)21-19-27(6)29(42-35)14-11-25(4)10-13-28(36)26(5)12-16-31(37)38;2-1-3/h9-13,15-16,26-30,36H,2,7-8,14,17-23H2,1,3-6H3,(H,37,38)(H,39,40);/b13-10+,15-9+,16-12+,25-11+;/t26-,27-,28-,29+,30-,34+,35-;/m0./s1. The second kappa shape index (κ2) is 20.6. The number of ether oxygens (including phenoxy) is 3. The molecule has 0 aromatic heterocycles. The molecule has 7 atom stereocenters. The minimum atomic E-state index is -1.05. The van der Waals surface area contributed by atoms with Crippen LogP contribution in [-0.2, 0) is 38.2 Å². The molecule has 2 aliphatic rings. The number of allylic oxidation sites excluding steroid dienone is 4. The van der Waals surface area contributed by atoms with Gasteiger partial charge in [-0.3, -0.25) is 9.59 Å². The number of carboxylic acid groups (broad SMARTS) is 2. The summed E-state index contributed by atoms with van der Waals surface area (Å²) >= 11 is 0. The van der Waals surface area contributed by atoms with Gasteiger partial charge in [0.1, 0.15) is 11.7 Å². The van der Waals surface area contributed by atoms with Crippen molar-refractivity contribution in [2.75, 3.05) is 0 Å². The molecule has 2 saturated heterocycles. The molecule has 2 rings (SSSR count). The number of esters is 1. The van der Waals surface area contributed by atoms with Crippen LogP contribution in [0.4, 0.5) is 0 Å². The van der Waals surface area contributed by atoms with E-state index in [9.17, 15) is 19.5 Å². The number of aliphatic hydroxyl groups is 1. The van der Waals surface area contributed by atoms with Crippen LogP contribution in [0.3, 0.4) is 0 Å². The Labute approximate surface area is 278 Å². The molecule has 0 unspecified atom stereocenters. The van der Waals surface area contributed by atoms with Crippen LogP contribution < -0.4 is 0 Å². The summed E-state index contributed by atoms with van der Waals surface area (Å²) in [7, 11) is 0. The van der Waals surface area contributed by atoms with E-state index in [-0.39, 0.29) is 36.9 Å². The van der Waals surface area contributed by atoms with Crippen molar-refractivity contribution < 1.29 is 53.5 Å². The molecule has 0 amide bonds. The first kappa shape index (κ1) is 41.4. The summed E-state index contributed by atoms with van der Waals surface area (Å²) in [6.07, 6.45) is 15.7. The Bertz CT molecular complexity index is 1210. The predicted octanol–water partition coefficient (Wildman–Crippen LogP) is 6.09. The van der Waals surface area contributed by atoms with E-state index in [1.807, 2.05) is 32.1 Å². The zero-order valence-corrected chi connectivity index (χ0v) is 28.3. The number of aliphatic hydroxyl groups excluding tert-OH is 1. The predicted molar refractivity (Wildman–Crippen MR) is 174 cm³/mol. The molecule has 0 saturated carbocycles. The molecule has 2 aliphatic heterocycles. The minimum absolute atomic E-state index is 0.110. The van der Waals surface area contributed by atoms with Gasteiger partial charge in [0.05, 0.1) is 25.0 Å². The molecule has 0 bridgehead atoms. The molecule has 11 nitrogen and oxygen atoms in total. The SMILES string of the molecule is C=C(C)/C=C/[C@@H]1O[C@@]2(CC[C@H](C)[C@@H](C/C=C(C)/C=C/[C@H](O)[C@@H](C)/C=C/C(=O)O)O2)CC[C@@]1(CCCC)OC(=O)CCC(=O)O.O=C=O. The Kier molecular flexibility index (Phi) is 18.1. The lowest BCUT2D eigenvalue weighted by Gasteiger charge is -2.53. The lowest BCUT2D eigenvalue weighted by molar-refractivity contribution is -0.344. The van der Waals surface area contributed by atoms with E-state index in [1.165, 1.54) is 6.08 Å². The highest BCUT2D eigenvalue weighted by molar-refractivity contribution is 5.79. The average Bonchev–Trinajstić information content (AvgIpc) is 3.01. The van der Waals surface area contributed by atoms with Gasteiger partial charge in [0, 0.05) is 24.8 Å². The Morgan fingerprint density at radius 3 is 2.32 bits per heavy atom. The van der Waals surface area contributed by atoms with Crippen molar-refractivity contribution in [3.8, 4) is 0 Å². The van der Waals surface area contributed by atoms with Crippen LogP contribution in [0.1, 0.15) is 98.8 Å². The van der Waals surface area contributed by atoms with E-state index < -0.39 is 41.5 Å². The van der Waals surface area contributed by atoms with Gasteiger partial charge in [0.2, 0.25) is 0 Å². The van der Waals surface area contributed by atoms with Gasteiger partial charge in [0.15, 0.2) is 5.79 Å². The van der Waals surface area contributed by atoms with Gasteiger partial charge in [-0.15, -0.1) is 0 Å². The average molecular weight is 661 g/mol. The number of hydrogen-bond acceptors (Lipinski definition) is 9. The lowest BCUT2D eigenvalue weighted by Crippen LogP contribution is -2.59. The van der Waals surface area contributed by atoms with E-state index in [0.29, 0.717) is 32.1 Å². The highest BCUT2D eigenvalue weighted by Crippen LogP contribution is 2.48. The quantitative estimate of drug-likeness (QED) is 0.0992. The van der Waals surface area contributed by atoms with Crippen molar-refractivity contribution in [3.63, 3.8) is 0 Å². The van der Waals surface area contributed by atoms with Crippen LogP contribution in [0.5, 0.6) is 0 Å². The summed E-state index contributed by atoms with van der Waals surface area (Å²) in [5, 5.41) is 28.2. The number of carbonyl (C=O) groups excluding carboxylic acids is 3. The molecular weight excluding hydrogens is 608 g/mol. The van der Waals surface area contributed by atoms with E-state index in [1.54, 1.807) is 13.0 Å². The summed E-state index contributed by atoms with van der Waals surface area (Å²) < 4.78 is 19.6. The molecule has 47 heavy (non-hydrogen) atoms. The Morgan fingerprint density at radius 2 is 1.72 bits per heavy atom. The largest absolute Gasteiger partial charge is 0.481 e. The molecule has 0 radical (unpaired) electrons. The third kappa shape index (κ3) is 14.8. The smallest absolute Gasteiger partial charge is 0.373 e. The van der Waals surface area contributed by atoms with E-state index in [4.69, 9.17) is 34.0 Å². The molecule has 3 N–H and O–H groups in total. The number of carboxylic acids is 2. The van der Waals surface area contributed by atoms with Gasteiger partial charge in [0.25, 0.3) is 0 Å². The number of aliphatic carboxylic acids is 2. The van der Waals surface area contributed by atoms with E-state index >= 15 is 0 Å². The molecular formula is C36H52O11. The summed E-state index contributed by atoms with van der Waals surface area (Å²) in [5.74, 6) is -3.53. The van der Waals surface area contributed by atoms with Crippen molar-refractivity contribution in [3.05, 3.63) is 60.3 Å². The van der Waals surface area contributed by atoms with E-state index in [2.05, 4.69) is 26.5 Å². The molecule has 2 fully saturated rings. The fourth-order valence-corrected chi connectivity index (χ4v) is 5.58. The number of carbonyl (C=O) groups is 3. The van der Waals surface area contributed by atoms with Crippen LogP contribution in [0, 0.1) is 11.8 Å². The maximum atomic E-state index is 12.8. The van der Waals surface area contributed by atoms with Crippen LogP contribution in [0.15, 0.2) is 60.3 Å². The van der Waals surface area contributed by atoms with Gasteiger partial charge < -0.3 is 29.5 Å². The molecule has 0 aromatic rings. The normalized spacial score (nSPS) is 27.6. The lowest BCUT2D eigenvalue weighted by atomic mass is 9.78. The van der Waals surface area contributed by atoms with Gasteiger partial charge in [-0.05, 0) is 51.9 Å². The Morgan fingerprint density at radius 1 is 1.04 bits per heavy atom. The fourth-order valence-electron chi connectivity index (χ4n) is 5.58. The molecule has 0 aliphatic carbocycles. The summed E-state index contributed by atoms with van der Waals surface area (Å²) in [4.78, 5) is 50.9. The zero-order valence-electron chi connectivity index (χ0n) is 28.3. The van der Waals surface area contributed by atoms with Gasteiger partial charge in [-0.2, -0.15) is 9.59 Å². The maximum Gasteiger partial charge on any atom is 0.373 e. The van der Waals surface area contributed by atoms with Crippen molar-refractivity contribution in [1.82, 2.24) is 0 Å². The molecule has 2 heterocycles. The number of rotatable bonds is 16. The first-order chi connectivity index (χ1) is 22.1. The highest BCUT2D eigenvalue weighted by Gasteiger charge is 2.54. The molecule has 1 spiro atoms. The van der Waals surface area contributed by atoms with Crippen molar-refractivity contribution >= 4 is 24.1 Å². The summed E-state index contributed by atoms with van der Waals surface area (Å²) in [6, 6.07) is 0. The number of unbranched alkanes of at least 4 members (excludes halogenated alkanes) is 1. The third-order valence-corrected chi connectivity index (χ3v) is 8.45. The first-order valence-corrected chi connectivity index (χ1v) is 16.2. The van der Waals surface area contributed by atoms with Crippen LogP contribution in [-0.4, -0.2) is 69.1 Å². The summed E-state index contributed by atoms with van der Waals surface area (Å²) in [6.45, 7) is 13.8. The fraction of sp³-hybridized carbons (Fsp3) is 0.611. The van der Waals surface area contributed by atoms with Crippen molar-refractivity contribution in [1.29, 1.82) is 0 Å². The highest BCUT2D eigenvalue weighted by atomic mass is 16.7. The zero-order chi connectivity index (χ0) is 35.6. The van der Waals surface area contributed by atoms with Crippen LogP contribution >= 0.6 is 0 Å². The van der Waals surface area contributed by atoms with E-state index in [0.717, 1.165) is 36.5 Å². The van der Waals surface area contributed by atoms with Crippen LogP contribution in [0.2, 0.25) is 0 Å². The van der Waals surface area contributed by atoms with Crippen LogP contribution in [0.25, 0.3) is 0 Å². The van der Waals surface area contributed by atoms with Crippen molar-refractivity contribution in [2.45, 2.75) is 129 Å². The van der Waals surface area contributed by atoms with Crippen molar-refractivity contribution in [2.24, 2.45) is 11.8 Å². The Balaban J connectivity index is 0.00000354. The second-order valence-electron chi connectivity index (χ2n) is 12.5. The van der Waals surface area contributed by atoms with Gasteiger partial charge >= 0.3 is 24.1 Å². The first-order valence-electron chi connectivity index (χ1n) is 16.2. The molecule has 0 aromatic carbocycles. The number of hydrogen-bond donors (Lipinski definition) is 3. The summed E-state index contributed by atoms with van der Waals surface area (Å²) in [5.41, 5.74) is 0.855. The molecule has 11 heteroatoms. The van der Waals surface area contributed by atoms with Gasteiger partial charge in [-0.25, -0.2) is 4.79 Å². The monoisotopic (exact) mass is 660 g/mol. The van der Waals surface area contributed by atoms with Gasteiger partial charge in [-0.1, -0.05) is 81.4 Å². The maximum absolute atomic E-state index is 12.8. The second-order valence-corrected chi connectivity index (χ2v) is 12.5. The third-order valence-electron chi connectivity index (χ3n) is 8.45. The molecule has 262 valence electrons. The topological polar surface area (TPSA) is 174 Å². The Hall–Kier alpha value is -3.63.